The SMILES string of the molecule is CCC(C)(CC(C)(C)N)N(CCCCCC(N)C(=O)O)C(C)(C)CC(C)(C)N. The lowest BCUT2D eigenvalue weighted by Crippen LogP contribution is -2.62. The van der Waals surface area contributed by atoms with Crippen LogP contribution in [0.15, 0.2) is 0 Å². The summed E-state index contributed by atoms with van der Waals surface area (Å²) in [6.07, 6.45) is 6.10. The van der Waals surface area contributed by atoms with E-state index < -0.39 is 12.0 Å². The number of nitrogens with zero attached hydrogens (tertiary/aromatic N) is 1. The van der Waals surface area contributed by atoms with Crippen LogP contribution in [-0.4, -0.2) is 50.7 Å². The zero-order valence-electron chi connectivity index (χ0n) is 19.8. The third kappa shape index (κ3) is 10.2. The van der Waals surface area contributed by atoms with Gasteiger partial charge < -0.3 is 22.3 Å². The summed E-state index contributed by atoms with van der Waals surface area (Å²) < 4.78 is 0. The molecule has 0 heterocycles. The summed E-state index contributed by atoms with van der Waals surface area (Å²) in [6.45, 7) is 18.4. The molecule has 2 unspecified atom stereocenters. The Kier molecular flexibility index (Phi) is 10.1. The van der Waals surface area contributed by atoms with Crippen molar-refractivity contribution in [2.45, 2.75) is 129 Å². The lowest BCUT2D eigenvalue weighted by Gasteiger charge is -2.54. The number of nitrogens with two attached hydrogens (primary N) is 3. The molecule has 6 heteroatoms. The monoisotopic (exact) mass is 400 g/mol. The van der Waals surface area contributed by atoms with Crippen LogP contribution in [0.2, 0.25) is 0 Å². The van der Waals surface area contributed by atoms with Gasteiger partial charge in [0.1, 0.15) is 6.04 Å². The van der Waals surface area contributed by atoms with E-state index in [2.05, 4.69) is 60.3 Å². The van der Waals surface area contributed by atoms with Crippen molar-refractivity contribution >= 4 is 5.97 Å². The number of carbonyl (C=O) groups is 1. The Morgan fingerprint density at radius 3 is 1.82 bits per heavy atom. The fourth-order valence-corrected chi connectivity index (χ4v) is 4.84. The van der Waals surface area contributed by atoms with Crippen LogP contribution in [0.5, 0.6) is 0 Å². The van der Waals surface area contributed by atoms with Crippen molar-refractivity contribution in [3.8, 4) is 0 Å². The average Bonchev–Trinajstić information content (AvgIpc) is 2.45. The van der Waals surface area contributed by atoms with E-state index in [0.29, 0.717) is 6.42 Å². The largest absolute Gasteiger partial charge is 0.480 e. The molecule has 0 fully saturated rings. The molecule has 0 aromatic heterocycles. The van der Waals surface area contributed by atoms with Crippen LogP contribution in [0.4, 0.5) is 0 Å². The van der Waals surface area contributed by atoms with E-state index in [-0.39, 0.29) is 22.2 Å². The fourth-order valence-electron chi connectivity index (χ4n) is 4.84. The molecule has 0 bridgehead atoms. The van der Waals surface area contributed by atoms with Crippen LogP contribution in [0.1, 0.15) is 100 Å². The maximum Gasteiger partial charge on any atom is 0.320 e. The van der Waals surface area contributed by atoms with Gasteiger partial charge in [0.25, 0.3) is 0 Å². The van der Waals surface area contributed by atoms with E-state index in [4.69, 9.17) is 22.3 Å². The number of aliphatic carboxylic acids is 1. The van der Waals surface area contributed by atoms with E-state index in [9.17, 15) is 4.79 Å². The predicted octanol–water partition coefficient (Wildman–Crippen LogP) is 3.46. The average molecular weight is 401 g/mol. The Morgan fingerprint density at radius 2 is 1.43 bits per heavy atom. The highest BCUT2D eigenvalue weighted by molar-refractivity contribution is 5.72. The number of carboxylic acids is 1. The molecule has 168 valence electrons. The van der Waals surface area contributed by atoms with E-state index in [1.165, 1.54) is 0 Å². The van der Waals surface area contributed by atoms with Gasteiger partial charge in [0.05, 0.1) is 0 Å². The molecule has 0 saturated heterocycles. The lowest BCUT2D eigenvalue weighted by molar-refractivity contribution is -0.138. The highest BCUT2D eigenvalue weighted by Gasteiger charge is 2.43. The highest BCUT2D eigenvalue weighted by Crippen LogP contribution is 2.37. The number of hydrogen-bond donors (Lipinski definition) is 4. The third-order valence-electron chi connectivity index (χ3n) is 5.58. The second-order valence-corrected chi connectivity index (χ2v) is 10.9. The molecule has 0 spiro atoms. The van der Waals surface area contributed by atoms with E-state index >= 15 is 0 Å². The summed E-state index contributed by atoms with van der Waals surface area (Å²) in [5.41, 5.74) is 17.8. The van der Waals surface area contributed by atoms with Crippen LogP contribution >= 0.6 is 0 Å². The summed E-state index contributed by atoms with van der Waals surface area (Å²) >= 11 is 0. The van der Waals surface area contributed by atoms with Crippen molar-refractivity contribution in [3.63, 3.8) is 0 Å². The Labute approximate surface area is 173 Å². The molecular weight excluding hydrogens is 352 g/mol. The quantitative estimate of drug-likeness (QED) is 0.332. The van der Waals surface area contributed by atoms with Crippen molar-refractivity contribution in [3.05, 3.63) is 0 Å². The van der Waals surface area contributed by atoms with Gasteiger partial charge in [-0.3, -0.25) is 9.69 Å². The van der Waals surface area contributed by atoms with Crippen LogP contribution in [0.3, 0.4) is 0 Å². The Morgan fingerprint density at radius 1 is 0.929 bits per heavy atom. The maximum absolute atomic E-state index is 10.9. The van der Waals surface area contributed by atoms with Crippen LogP contribution in [-0.2, 0) is 4.79 Å². The summed E-state index contributed by atoms with van der Waals surface area (Å²) in [4.78, 5) is 13.5. The zero-order valence-corrected chi connectivity index (χ0v) is 19.8. The highest BCUT2D eigenvalue weighted by atomic mass is 16.4. The minimum Gasteiger partial charge on any atom is -0.480 e. The lowest BCUT2D eigenvalue weighted by atomic mass is 9.77. The molecule has 0 radical (unpaired) electrons. The fraction of sp³-hybridized carbons (Fsp3) is 0.955. The Hall–Kier alpha value is -0.690. The predicted molar refractivity (Wildman–Crippen MR) is 119 cm³/mol. The number of hydrogen-bond acceptors (Lipinski definition) is 5. The molecule has 2 atom stereocenters. The number of unbranched alkanes of at least 4 members (excludes halogenated alkanes) is 2. The second kappa shape index (κ2) is 10.4. The first kappa shape index (κ1) is 27.3. The molecule has 0 aromatic carbocycles. The van der Waals surface area contributed by atoms with Crippen molar-refractivity contribution in [1.29, 1.82) is 0 Å². The smallest absolute Gasteiger partial charge is 0.320 e. The van der Waals surface area contributed by atoms with Gasteiger partial charge in [0.15, 0.2) is 0 Å². The molecule has 0 aliphatic heterocycles. The Balaban J connectivity index is 5.31. The molecule has 0 saturated carbocycles. The van der Waals surface area contributed by atoms with Gasteiger partial charge in [-0.25, -0.2) is 0 Å². The first-order chi connectivity index (χ1) is 12.4. The molecule has 0 amide bonds. The third-order valence-corrected chi connectivity index (χ3v) is 5.58. The van der Waals surface area contributed by atoms with E-state index in [1.807, 2.05) is 0 Å². The van der Waals surface area contributed by atoms with E-state index in [0.717, 1.165) is 45.1 Å². The first-order valence-corrected chi connectivity index (χ1v) is 10.8. The molecule has 6 nitrogen and oxygen atoms in total. The second-order valence-electron chi connectivity index (χ2n) is 10.9. The van der Waals surface area contributed by atoms with Gasteiger partial charge in [-0.2, -0.15) is 0 Å². The van der Waals surface area contributed by atoms with Gasteiger partial charge in [-0.05, 0) is 87.1 Å². The van der Waals surface area contributed by atoms with Crippen molar-refractivity contribution in [2.24, 2.45) is 17.2 Å². The van der Waals surface area contributed by atoms with Crippen LogP contribution in [0.25, 0.3) is 0 Å². The Bertz CT molecular complexity index is 480. The molecular formula is C22H48N4O2. The minimum absolute atomic E-state index is 0.0372. The van der Waals surface area contributed by atoms with Crippen LogP contribution in [0, 0.1) is 0 Å². The molecule has 0 aliphatic carbocycles. The van der Waals surface area contributed by atoms with Gasteiger partial charge in [0.2, 0.25) is 0 Å². The summed E-state index contributed by atoms with van der Waals surface area (Å²) in [6, 6.07) is -0.760. The standard InChI is InChI=1S/C22H48N4O2/c1-9-22(8,16-20(4,5)25)26(21(6,7)15-19(2,3)24)14-12-10-11-13-17(23)18(27)28/h17H,9-16,23-25H2,1-8H3,(H,27,28). The van der Waals surface area contributed by atoms with Gasteiger partial charge in [-0.15, -0.1) is 0 Å². The first-order valence-electron chi connectivity index (χ1n) is 10.8. The summed E-state index contributed by atoms with van der Waals surface area (Å²) in [7, 11) is 0. The van der Waals surface area contributed by atoms with Crippen molar-refractivity contribution in [1.82, 2.24) is 4.90 Å². The topological polar surface area (TPSA) is 119 Å². The molecule has 0 aliphatic rings. The van der Waals surface area contributed by atoms with Gasteiger partial charge >= 0.3 is 5.97 Å². The van der Waals surface area contributed by atoms with Gasteiger partial charge in [-0.1, -0.05) is 19.8 Å². The molecule has 0 aromatic rings. The van der Waals surface area contributed by atoms with Crippen LogP contribution < -0.4 is 17.2 Å². The molecule has 0 rings (SSSR count). The molecule has 7 N–H and O–H groups in total. The minimum atomic E-state index is -0.920. The van der Waals surface area contributed by atoms with Crippen molar-refractivity contribution < 1.29 is 9.90 Å². The molecule has 28 heavy (non-hydrogen) atoms. The zero-order chi connectivity index (χ0) is 22.4. The number of carboxylic acid groups (broad SMARTS) is 1. The maximum atomic E-state index is 10.9. The summed E-state index contributed by atoms with van der Waals surface area (Å²) in [5.74, 6) is -0.920. The number of rotatable bonds is 14. The normalized spacial score (nSPS) is 16.9. The van der Waals surface area contributed by atoms with Crippen molar-refractivity contribution in [2.75, 3.05) is 6.54 Å². The summed E-state index contributed by atoms with van der Waals surface area (Å²) in [5, 5.41) is 8.93. The van der Waals surface area contributed by atoms with Gasteiger partial charge in [0, 0.05) is 22.2 Å². The van der Waals surface area contributed by atoms with E-state index in [1.54, 1.807) is 0 Å².